The molecule has 0 unspecified atom stereocenters. The molecule has 5 nitrogen and oxygen atoms in total. The largest absolute Gasteiger partial charge is 0.507 e. The van der Waals surface area contributed by atoms with Gasteiger partial charge in [0.2, 0.25) is 0 Å². The van der Waals surface area contributed by atoms with E-state index in [0.29, 0.717) is 25.9 Å². The first-order chi connectivity index (χ1) is 9.46. The Hall–Kier alpha value is -2.13. The van der Waals surface area contributed by atoms with Gasteiger partial charge >= 0.3 is 0 Å². The molecule has 2 rings (SSSR count). The topological polar surface area (TPSA) is 76.4 Å². The third kappa shape index (κ3) is 2.89. The average molecular weight is 277 g/mol. The summed E-state index contributed by atoms with van der Waals surface area (Å²) in [6, 6.07) is 5.34. The van der Waals surface area contributed by atoms with E-state index in [9.17, 15) is 19.6 Å². The lowest BCUT2D eigenvalue weighted by atomic mass is 9.89. The highest BCUT2D eigenvalue weighted by Crippen LogP contribution is 2.23. The van der Waals surface area contributed by atoms with E-state index in [2.05, 4.69) is 16.3 Å². The Kier molecular flexibility index (Phi) is 3.91. The van der Waals surface area contributed by atoms with Crippen molar-refractivity contribution in [1.82, 2.24) is 10.2 Å². The molecule has 0 bridgehead atoms. The number of nitriles is 1. The molecule has 0 aliphatic carbocycles. The highest BCUT2D eigenvalue weighted by molar-refractivity contribution is 5.97. The van der Waals surface area contributed by atoms with Crippen molar-refractivity contribution < 1.29 is 14.3 Å². The van der Waals surface area contributed by atoms with Gasteiger partial charge in [-0.1, -0.05) is 0 Å². The van der Waals surface area contributed by atoms with Gasteiger partial charge in [-0.05, 0) is 32.0 Å². The lowest BCUT2D eigenvalue weighted by Gasteiger charge is -2.36. The molecule has 106 valence electrons. The smallest absolute Gasteiger partial charge is 0.256 e. The maximum absolute atomic E-state index is 12.9. The van der Waals surface area contributed by atoms with Gasteiger partial charge in [-0.3, -0.25) is 4.79 Å². The van der Waals surface area contributed by atoms with Crippen molar-refractivity contribution >= 4 is 5.91 Å². The van der Waals surface area contributed by atoms with Gasteiger partial charge in [-0.15, -0.1) is 0 Å². The standard InChI is InChI=1S/C14H16FN3O2/c1-18-6-4-14(9-16,5-7-18)17-13(20)11-3-2-10(15)8-12(11)19/h2-3,8,19H,4-7H2,1H3,(H,17,20). The van der Waals surface area contributed by atoms with E-state index in [1.54, 1.807) is 0 Å². The van der Waals surface area contributed by atoms with E-state index < -0.39 is 23.0 Å². The van der Waals surface area contributed by atoms with Crippen LogP contribution in [0, 0.1) is 17.1 Å². The quantitative estimate of drug-likeness (QED) is 0.853. The summed E-state index contributed by atoms with van der Waals surface area (Å²) in [5, 5.41) is 21.6. The minimum atomic E-state index is -0.926. The lowest BCUT2D eigenvalue weighted by Crippen LogP contribution is -2.53. The summed E-state index contributed by atoms with van der Waals surface area (Å²) in [7, 11) is 1.95. The van der Waals surface area contributed by atoms with E-state index in [1.807, 2.05) is 7.05 Å². The minimum Gasteiger partial charge on any atom is -0.507 e. The Morgan fingerprint density at radius 1 is 1.50 bits per heavy atom. The molecule has 20 heavy (non-hydrogen) atoms. The van der Waals surface area contributed by atoms with E-state index >= 15 is 0 Å². The van der Waals surface area contributed by atoms with Gasteiger partial charge in [0.1, 0.15) is 17.1 Å². The van der Waals surface area contributed by atoms with Crippen molar-refractivity contribution in [1.29, 1.82) is 5.26 Å². The summed E-state index contributed by atoms with van der Waals surface area (Å²) in [6.45, 7) is 1.42. The number of hydrogen-bond donors (Lipinski definition) is 2. The summed E-state index contributed by atoms with van der Waals surface area (Å²) >= 11 is 0. The Morgan fingerprint density at radius 2 is 2.15 bits per heavy atom. The van der Waals surface area contributed by atoms with Crippen molar-refractivity contribution in [3.05, 3.63) is 29.6 Å². The molecule has 6 heteroatoms. The predicted molar refractivity (Wildman–Crippen MR) is 70.6 cm³/mol. The molecule has 2 N–H and O–H groups in total. The molecular formula is C14H16FN3O2. The molecule has 0 saturated carbocycles. The van der Waals surface area contributed by atoms with Crippen molar-refractivity contribution in [3.63, 3.8) is 0 Å². The number of piperidine rings is 1. The number of nitrogens with one attached hydrogen (secondary N) is 1. The first-order valence-corrected chi connectivity index (χ1v) is 6.37. The highest BCUT2D eigenvalue weighted by atomic mass is 19.1. The summed E-state index contributed by atoms with van der Waals surface area (Å²) < 4.78 is 12.9. The fourth-order valence-corrected chi connectivity index (χ4v) is 2.25. The second-order valence-electron chi connectivity index (χ2n) is 5.11. The van der Waals surface area contributed by atoms with Gasteiger partial charge in [-0.2, -0.15) is 5.26 Å². The maximum atomic E-state index is 12.9. The van der Waals surface area contributed by atoms with Crippen LogP contribution in [0.4, 0.5) is 4.39 Å². The van der Waals surface area contributed by atoms with Crippen LogP contribution in [0.3, 0.4) is 0 Å². The van der Waals surface area contributed by atoms with Crippen LogP contribution in [0.1, 0.15) is 23.2 Å². The number of halogens is 1. The fraction of sp³-hybridized carbons (Fsp3) is 0.429. The van der Waals surface area contributed by atoms with Gasteiger partial charge in [0.05, 0.1) is 11.6 Å². The molecule has 1 aromatic rings. The Morgan fingerprint density at radius 3 is 2.70 bits per heavy atom. The molecule has 1 heterocycles. The van der Waals surface area contributed by atoms with Crippen LogP contribution in [0.2, 0.25) is 0 Å². The SMILES string of the molecule is CN1CCC(C#N)(NC(=O)c2ccc(F)cc2O)CC1. The fourth-order valence-electron chi connectivity index (χ4n) is 2.25. The Bertz CT molecular complexity index is 560. The molecule has 1 aliphatic heterocycles. The zero-order valence-corrected chi connectivity index (χ0v) is 11.2. The van der Waals surface area contributed by atoms with Gasteiger partial charge in [0.15, 0.2) is 0 Å². The lowest BCUT2D eigenvalue weighted by molar-refractivity contribution is 0.0879. The number of hydrogen-bond acceptors (Lipinski definition) is 4. The van der Waals surface area contributed by atoms with E-state index in [1.165, 1.54) is 6.07 Å². The van der Waals surface area contributed by atoms with Gasteiger partial charge in [0.25, 0.3) is 5.91 Å². The van der Waals surface area contributed by atoms with Gasteiger partial charge in [0, 0.05) is 19.2 Å². The van der Waals surface area contributed by atoms with Crippen molar-refractivity contribution in [2.75, 3.05) is 20.1 Å². The van der Waals surface area contributed by atoms with Crippen LogP contribution in [0.5, 0.6) is 5.75 Å². The first kappa shape index (κ1) is 14.3. The Labute approximate surface area is 116 Å². The van der Waals surface area contributed by atoms with Gasteiger partial charge in [-0.25, -0.2) is 4.39 Å². The van der Waals surface area contributed by atoms with Crippen LogP contribution in [-0.4, -0.2) is 41.6 Å². The third-order valence-electron chi connectivity index (χ3n) is 3.61. The number of carbonyl (C=O) groups is 1. The predicted octanol–water partition coefficient (Wildman–Crippen LogP) is 1.25. The van der Waals surface area contributed by atoms with Gasteiger partial charge < -0.3 is 15.3 Å². The Balaban J connectivity index is 2.16. The number of phenolic OH excluding ortho intramolecular Hbond substituents is 1. The zero-order valence-electron chi connectivity index (χ0n) is 11.2. The van der Waals surface area contributed by atoms with Crippen LogP contribution < -0.4 is 5.32 Å². The van der Waals surface area contributed by atoms with Crippen LogP contribution in [0.25, 0.3) is 0 Å². The summed E-state index contributed by atoms with van der Waals surface area (Å²) in [5.74, 6) is -1.61. The molecule has 1 fully saturated rings. The molecule has 0 atom stereocenters. The molecule has 1 aliphatic rings. The molecule has 1 amide bonds. The second-order valence-corrected chi connectivity index (χ2v) is 5.11. The minimum absolute atomic E-state index is 0.0278. The van der Waals surface area contributed by atoms with Crippen molar-refractivity contribution in [2.45, 2.75) is 18.4 Å². The number of likely N-dealkylation sites (tertiary alicyclic amines) is 1. The molecule has 0 spiro atoms. The van der Waals surface area contributed by atoms with Crippen LogP contribution >= 0.6 is 0 Å². The number of amides is 1. The number of carbonyl (C=O) groups excluding carboxylic acids is 1. The summed E-state index contributed by atoms with van der Waals surface area (Å²) in [5.41, 5.74) is -0.954. The first-order valence-electron chi connectivity index (χ1n) is 6.37. The zero-order chi connectivity index (χ0) is 14.8. The molecule has 1 aromatic carbocycles. The number of rotatable bonds is 2. The summed E-state index contributed by atoms with van der Waals surface area (Å²) in [4.78, 5) is 14.2. The highest BCUT2D eigenvalue weighted by Gasteiger charge is 2.35. The van der Waals surface area contributed by atoms with Crippen molar-refractivity contribution in [3.8, 4) is 11.8 Å². The maximum Gasteiger partial charge on any atom is 0.256 e. The number of aromatic hydroxyl groups is 1. The number of nitrogens with zero attached hydrogens (tertiary/aromatic N) is 2. The molecule has 0 radical (unpaired) electrons. The van der Waals surface area contributed by atoms with E-state index in [0.717, 1.165) is 12.1 Å². The number of phenols is 1. The second kappa shape index (κ2) is 5.47. The number of benzene rings is 1. The molecule has 1 saturated heterocycles. The molecule has 0 aromatic heterocycles. The van der Waals surface area contributed by atoms with Crippen LogP contribution in [-0.2, 0) is 0 Å². The summed E-state index contributed by atoms with van der Waals surface area (Å²) in [6.07, 6.45) is 1.04. The van der Waals surface area contributed by atoms with Crippen molar-refractivity contribution in [2.24, 2.45) is 0 Å². The normalized spacial score (nSPS) is 18.2. The van der Waals surface area contributed by atoms with E-state index in [-0.39, 0.29) is 5.56 Å². The average Bonchev–Trinajstić information content (AvgIpc) is 2.41. The van der Waals surface area contributed by atoms with E-state index in [4.69, 9.17) is 0 Å². The third-order valence-corrected chi connectivity index (χ3v) is 3.61. The van der Waals surface area contributed by atoms with Crippen LogP contribution in [0.15, 0.2) is 18.2 Å². The monoisotopic (exact) mass is 277 g/mol. The molecular weight excluding hydrogens is 261 g/mol.